The summed E-state index contributed by atoms with van der Waals surface area (Å²) in [7, 11) is 0. The summed E-state index contributed by atoms with van der Waals surface area (Å²) in [6.07, 6.45) is 1.23. The number of hydrogen-bond donors (Lipinski definition) is 2. The minimum atomic E-state index is -1.14. The number of carboxylic acid groups (broad SMARTS) is 1. The molecule has 1 aliphatic rings. The molecule has 3 rings (SSSR count). The molecule has 0 unspecified atom stereocenters. The van der Waals surface area contributed by atoms with Crippen LogP contribution in [0.5, 0.6) is 0 Å². The molecule has 1 aliphatic heterocycles. The van der Waals surface area contributed by atoms with Crippen LogP contribution in [0.3, 0.4) is 0 Å². The molecule has 8 heteroatoms. The Morgan fingerprint density at radius 2 is 1.77 bits per heavy atom. The monoisotopic (exact) mass is 367 g/mol. The lowest BCUT2D eigenvalue weighted by Gasteiger charge is -2.30. The zero-order valence-electron chi connectivity index (χ0n) is 13.3. The van der Waals surface area contributed by atoms with Gasteiger partial charge in [-0.15, -0.1) is 0 Å². The fourth-order valence-corrected chi connectivity index (χ4v) is 2.69. The summed E-state index contributed by atoms with van der Waals surface area (Å²) < 4.78 is 0. The molecule has 2 aromatic rings. The summed E-state index contributed by atoms with van der Waals surface area (Å²) in [4.78, 5) is 41.1. The number of para-hydroxylation sites is 1. The molecule has 2 amide bonds. The summed E-state index contributed by atoms with van der Waals surface area (Å²) in [5.41, 5.74) is 1.10. The standard InChI is InChI=1S/C18H13N3O4S/c22-15-14(10-19-12-8-6-11(7-9-12)17(24)25)16(23)21(18(26)20-15)13-4-2-1-3-5-13/h1-10,14H,(H,24,25)(H,20,22,26)/t14-/m0/s1. The molecule has 0 aliphatic carbocycles. The van der Waals surface area contributed by atoms with E-state index in [1.807, 2.05) is 0 Å². The SMILES string of the molecule is O=C(O)c1ccc(N=C[C@H]2C(=O)NC(=S)N(c3ccccc3)C2=O)cc1. The first-order chi connectivity index (χ1) is 12.5. The Hall–Kier alpha value is -3.39. The van der Waals surface area contributed by atoms with E-state index in [0.717, 1.165) is 0 Å². The fourth-order valence-electron chi connectivity index (χ4n) is 2.39. The van der Waals surface area contributed by atoms with Crippen molar-refractivity contribution in [2.24, 2.45) is 10.9 Å². The lowest BCUT2D eigenvalue weighted by molar-refractivity contribution is -0.130. The molecule has 0 spiro atoms. The van der Waals surface area contributed by atoms with E-state index in [4.69, 9.17) is 17.3 Å². The highest BCUT2D eigenvalue weighted by molar-refractivity contribution is 7.80. The van der Waals surface area contributed by atoms with Crippen LogP contribution in [0.1, 0.15) is 10.4 Å². The number of nitrogens with zero attached hydrogens (tertiary/aromatic N) is 2. The number of rotatable bonds is 4. The van der Waals surface area contributed by atoms with E-state index in [1.54, 1.807) is 30.3 Å². The molecule has 0 radical (unpaired) electrons. The van der Waals surface area contributed by atoms with Gasteiger partial charge in [-0.25, -0.2) is 4.79 Å². The van der Waals surface area contributed by atoms with Gasteiger partial charge >= 0.3 is 5.97 Å². The molecule has 1 heterocycles. The van der Waals surface area contributed by atoms with Gasteiger partial charge in [-0.2, -0.15) is 0 Å². The summed E-state index contributed by atoms with van der Waals surface area (Å²) in [6, 6.07) is 14.5. The number of aromatic carboxylic acids is 1. The molecule has 2 N–H and O–H groups in total. The van der Waals surface area contributed by atoms with Crippen LogP contribution in [0, 0.1) is 5.92 Å². The Morgan fingerprint density at radius 1 is 1.12 bits per heavy atom. The van der Waals surface area contributed by atoms with Crippen molar-refractivity contribution in [2.75, 3.05) is 4.90 Å². The summed E-state index contributed by atoms with van der Waals surface area (Å²) in [6.45, 7) is 0. The number of carboxylic acids is 1. The molecule has 130 valence electrons. The molecule has 2 aromatic carbocycles. The number of anilines is 1. The van der Waals surface area contributed by atoms with Crippen molar-refractivity contribution in [1.29, 1.82) is 0 Å². The van der Waals surface area contributed by atoms with E-state index < -0.39 is 23.7 Å². The van der Waals surface area contributed by atoms with E-state index >= 15 is 0 Å². The van der Waals surface area contributed by atoms with E-state index in [9.17, 15) is 14.4 Å². The molecule has 1 fully saturated rings. The van der Waals surface area contributed by atoms with Crippen LogP contribution in [0.25, 0.3) is 0 Å². The van der Waals surface area contributed by atoms with Gasteiger partial charge in [0.2, 0.25) is 5.91 Å². The smallest absolute Gasteiger partial charge is 0.335 e. The largest absolute Gasteiger partial charge is 0.478 e. The number of nitrogens with one attached hydrogen (secondary N) is 1. The molecule has 1 atom stereocenters. The van der Waals surface area contributed by atoms with Gasteiger partial charge in [0.25, 0.3) is 5.91 Å². The maximum Gasteiger partial charge on any atom is 0.335 e. The van der Waals surface area contributed by atoms with Crippen LogP contribution in [-0.2, 0) is 9.59 Å². The Bertz CT molecular complexity index is 910. The van der Waals surface area contributed by atoms with Crippen LogP contribution in [0.2, 0.25) is 0 Å². The summed E-state index contributed by atoms with van der Waals surface area (Å²) >= 11 is 5.11. The van der Waals surface area contributed by atoms with Crippen molar-refractivity contribution in [3.05, 3.63) is 60.2 Å². The van der Waals surface area contributed by atoms with Gasteiger partial charge in [0.1, 0.15) is 0 Å². The predicted molar refractivity (Wildman–Crippen MR) is 99.7 cm³/mol. The van der Waals surface area contributed by atoms with E-state index in [-0.39, 0.29) is 10.7 Å². The van der Waals surface area contributed by atoms with E-state index in [1.165, 1.54) is 35.4 Å². The highest BCUT2D eigenvalue weighted by Crippen LogP contribution is 2.20. The summed E-state index contributed by atoms with van der Waals surface area (Å²) in [5.74, 6) is -3.25. The van der Waals surface area contributed by atoms with Gasteiger partial charge in [0.05, 0.1) is 16.9 Å². The third kappa shape index (κ3) is 3.50. The lowest BCUT2D eigenvalue weighted by Crippen LogP contribution is -2.58. The zero-order valence-corrected chi connectivity index (χ0v) is 14.1. The second-order valence-electron chi connectivity index (χ2n) is 5.41. The third-order valence-electron chi connectivity index (χ3n) is 3.70. The molecule has 0 aromatic heterocycles. The number of amides is 2. The maximum absolute atomic E-state index is 12.7. The number of aliphatic imine (C=N–C) groups is 1. The van der Waals surface area contributed by atoms with E-state index in [2.05, 4.69) is 10.3 Å². The van der Waals surface area contributed by atoms with Gasteiger partial charge in [-0.1, -0.05) is 18.2 Å². The molecule has 0 bridgehead atoms. The van der Waals surface area contributed by atoms with Crippen molar-refractivity contribution in [3.8, 4) is 0 Å². The van der Waals surface area contributed by atoms with Crippen LogP contribution in [0.4, 0.5) is 11.4 Å². The Balaban J connectivity index is 1.84. The minimum Gasteiger partial charge on any atom is -0.478 e. The van der Waals surface area contributed by atoms with Gasteiger partial charge < -0.3 is 10.4 Å². The van der Waals surface area contributed by atoms with Crippen molar-refractivity contribution < 1.29 is 19.5 Å². The number of thiocarbonyl (C=S) groups is 1. The normalized spacial score (nSPS) is 17.5. The zero-order chi connectivity index (χ0) is 18.7. The summed E-state index contributed by atoms with van der Waals surface area (Å²) in [5, 5.41) is 11.4. The highest BCUT2D eigenvalue weighted by Gasteiger charge is 2.38. The first kappa shape index (κ1) is 17.4. The average molecular weight is 367 g/mol. The van der Waals surface area contributed by atoms with Gasteiger partial charge in [-0.05, 0) is 48.6 Å². The molecule has 0 saturated carbocycles. The van der Waals surface area contributed by atoms with E-state index in [0.29, 0.717) is 11.4 Å². The lowest BCUT2D eigenvalue weighted by atomic mass is 10.1. The van der Waals surface area contributed by atoms with Crippen LogP contribution in [-0.4, -0.2) is 34.2 Å². The van der Waals surface area contributed by atoms with Crippen molar-refractivity contribution in [2.45, 2.75) is 0 Å². The molecular weight excluding hydrogens is 354 g/mol. The molecular formula is C18H13N3O4S. The van der Waals surface area contributed by atoms with Crippen molar-refractivity contribution in [3.63, 3.8) is 0 Å². The van der Waals surface area contributed by atoms with Crippen molar-refractivity contribution >= 4 is 52.7 Å². The maximum atomic E-state index is 12.7. The Morgan fingerprint density at radius 3 is 2.38 bits per heavy atom. The van der Waals surface area contributed by atoms with Crippen LogP contribution < -0.4 is 10.2 Å². The van der Waals surface area contributed by atoms with Crippen molar-refractivity contribution in [1.82, 2.24) is 5.32 Å². The fraction of sp³-hybridized carbons (Fsp3) is 0.0556. The van der Waals surface area contributed by atoms with Gasteiger partial charge in [-0.3, -0.25) is 19.5 Å². The predicted octanol–water partition coefficient (Wildman–Crippen LogP) is 2.15. The second-order valence-corrected chi connectivity index (χ2v) is 5.80. The van der Waals surface area contributed by atoms with Crippen LogP contribution >= 0.6 is 12.2 Å². The number of carbonyl (C=O) groups is 3. The second kappa shape index (κ2) is 7.24. The minimum absolute atomic E-state index is 0.0154. The first-order valence-electron chi connectivity index (χ1n) is 7.59. The highest BCUT2D eigenvalue weighted by atomic mass is 32.1. The average Bonchev–Trinajstić information content (AvgIpc) is 2.62. The number of benzene rings is 2. The van der Waals surface area contributed by atoms with Gasteiger partial charge in [0, 0.05) is 6.21 Å². The molecule has 7 nitrogen and oxygen atoms in total. The number of hydrogen-bond acceptors (Lipinski definition) is 5. The first-order valence-corrected chi connectivity index (χ1v) is 7.99. The molecule has 1 saturated heterocycles. The quantitative estimate of drug-likeness (QED) is 0.490. The van der Waals surface area contributed by atoms with Gasteiger partial charge in [0.15, 0.2) is 11.0 Å². The third-order valence-corrected chi connectivity index (χ3v) is 3.99. The number of carbonyl (C=O) groups excluding carboxylic acids is 2. The Kier molecular flexibility index (Phi) is 4.85. The topological polar surface area (TPSA) is 99.1 Å². The Labute approximate surface area is 154 Å². The van der Waals surface area contributed by atoms with Crippen LogP contribution in [0.15, 0.2) is 59.6 Å². The molecule has 26 heavy (non-hydrogen) atoms.